The van der Waals surface area contributed by atoms with Crippen LogP contribution in [0.25, 0.3) is 5.52 Å². The zero-order chi connectivity index (χ0) is 16.7. The summed E-state index contributed by atoms with van der Waals surface area (Å²) in [7, 11) is -3.80. The van der Waals surface area contributed by atoms with E-state index in [-0.39, 0.29) is 10.8 Å². The molecule has 1 aliphatic rings. The first-order valence-electron chi connectivity index (χ1n) is 7.90. The van der Waals surface area contributed by atoms with E-state index >= 15 is 0 Å². The highest BCUT2D eigenvalue weighted by Gasteiger charge is 2.27. The third-order valence-electron chi connectivity index (χ3n) is 4.06. The number of hydrogen-bond donors (Lipinski definition) is 1. The second-order valence-electron chi connectivity index (χ2n) is 5.88. The minimum absolute atomic E-state index is 0.113. The Labute approximate surface area is 139 Å². The summed E-state index contributed by atoms with van der Waals surface area (Å²) in [5.41, 5.74) is 2.27. The molecule has 1 aliphatic carbocycles. The second kappa shape index (κ2) is 5.55. The van der Waals surface area contributed by atoms with Crippen molar-refractivity contribution in [3.05, 3.63) is 48.0 Å². The standard InChI is InChI=1S/C16H17N5O2S/c1-2-12-9-13(11-6-7-11)19-16(18-12)20-24(22,23)15-10-17-21-8-4-3-5-14(15)21/h3-5,8-11H,2,6-7H2,1H3,(H,18,19,20). The second-order valence-corrected chi connectivity index (χ2v) is 7.53. The van der Waals surface area contributed by atoms with Gasteiger partial charge in [0.2, 0.25) is 5.95 Å². The van der Waals surface area contributed by atoms with E-state index in [9.17, 15) is 8.42 Å². The Balaban J connectivity index is 1.72. The molecule has 24 heavy (non-hydrogen) atoms. The fourth-order valence-electron chi connectivity index (χ4n) is 2.63. The van der Waals surface area contributed by atoms with Gasteiger partial charge in [-0.1, -0.05) is 13.0 Å². The molecule has 0 aromatic carbocycles. The summed E-state index contributed by atoms with van der Waals surface area (Å²) in [5.74, 6) is 0.560. The minimum atomic E-state index is -3.80. The Morgan fingerprint density at radius 3 is 2.88 bits per heavy atom. The molecule has 0 saturated heterocycles. The van der Waals surface area contributed by atoms with Gasteiger partial charge in [0, 0.05) is 23.5 Å². The zero-order valence-electron chi connectivity index (χ0n) is 13.2. The van der Waals surface area contributed by atoms with E-state index in [4.69, 9.17) is 0 Å². The summed E-state index contributed by atoms with van der Waals surface area (Å²) in [6.07, 6.45) is 5.96. The predicted molar refractivity (Wildman–Crippen MR) is 89.4 cm³/mol. The Bertz CT molecular complexity index is 1010. The molecule has 3 heterocycles. The normalized spacial score (nSPS) is 14.9. The number of sulfonamides is 1. The number of fused-ring (bicyclic) bond motifs is 1. The molecular formula is C16H17N5O2S. The molecule has 7 nitrogen and oxygen atoms in total. The first-order valence-corrected chi connectivity index (χ1v) is 9.38. The summed E-state index contributed by atoms with van der Waals surface area (Å²) in [6.45, 7) is 1.99. The molecule has 0 unspecified atom stereocenters. The lowest BCUT2D eigenvalue weighted by Gasteiger charge is -2.09. The summed E-state index contributed by atoms with van der Waals surface area (Å²) in [4.78, 5) is 8.81. The van der Waals surface area contributed by atoms with E-state index in [1.807, 2.05) is 13.0 Å². The van der Waals surface area contributed by atoms with Gasteiger partial charge in [0.1, 0.15) is 4.90 Å². The average Bonchev–Trinajstić information content (AvgIpc) is 3.32. The first kappa shape index (κ1) is 15.1. The van der Waals surface area contributed by atoms with Gasteiger partial charge in [0.15, 0.2) is 0 Å². The van der Waals surface area contributed by atoms with Gasteiger partial charge < -0.3 is 0 Å². The van der Waals surface area contributed by atoms with Crippen molar-refractivity contribution in [2.24, 2.45) is 0 Å². The van der Waals surface area contributed by atoms with Crippen molar-refractivity contribution < 1.29 is 8.42 Å². The van der Waals surface area contributed by atoms with Gasteiger partial charge >= 0.3 is 0 Å². The van der Waals surface area contributed by atoms with Crippen LogP contribution in [0.4, 0.5) is 5.95 Å². The van der Waals surface area contributed by atoms with E-state index in [0.29, 0.717) is 11.4 Å². The molecule has 0 aliphatic heterocycles. The van der Waals surface area contributed by atoms with Crippen LogP contribution >= 0.6 is 0 Å². The SMILES string of the molecule is CCc1cc(C2CC2)nc(NS(=O)(=O)c2cnn3ccccc23)n1. The van der Waals surface area contributed by atoms with Gasteiger partial charge in [-0.15, -0.1) is 0 Å². The predicted octanol–water partition coefficient (Wildman–Crippen LogP) is 2.36. The molecule has 3 aromatic heterocycles. The van der Waals surface area contributed by atoms with Crippen LogP contribution in [0.1, 0.15) is 37.1 Å². The molecule has 1 N–H and O–H groups in total. The maximum absolute atomic E-state index is 12.7. The number of pyridine rings is 1. The van der Waals surface area contributed by atoms with Crippen LogP contribution in [-0.4, -0.2) is 28.0 Å². The lowest BCUT2D eigenvalue weighted by atomic mass is 10.2. The third-order valence-corrected chi connectivity index (χ3v) is 5.41. The van der Waals surface area contributed by atoms with Gasteiger partial charge in [0.25, 0.3) is 10.0 Å². The first-order chi connectivity index (χ1) is 11.6. The summed E-state index contributed by atoms with van der Waals surface area (Å²) < 4.78 is 29.5. The lowest BCUT2D eigenvalue weighted by Crippen LogP contribution is -2.16. The number of aryl methyl sites for hydroxylation is 1. The van der Waals surface area contributed by atoms with Crippen LogP contribution in [0.3, 0.4) is 0 Å². The lowest BCUT2D eigenvalue weighted by molar-refractivity contribution is 0.601. The van der Waals surface area contributed by atoms with Crippen molar-refractivity contribution in [3.8, 4) is 0 Å². The minimum Gasteiger partial charge on any atom is -0.247 e. The van der Waals surface area contributed by atoms with Crippen molar-refractivity contribution in [1.82, 2.24) is 19.6 Å². The molecule has 0 amide bonds. The van der Waals surface area contributed by atoms with Crippen LogP contribution in [0.15, 0.2) is 41.6 Å². The molecule has 0 bridgehead atoms. The monoisotopic (exact) mass is 343 g/mol. The Morgan fingerprint density at radius 1 is 1.29 bits per heavy atom. The Hall–Kier alpha value is -2.48. The van der Waals surface area contributed by atoms with Gasteiger partial charge in [-0.25, -0.2) is 27.6 Å². The number of rotatable bonds is 5. The summed E-state index contributed by atoms with van der Waals surface area (Å²) >= 11 is 0. The molecule has 1 fully saturated rings. The van der Waals surface area contributed by atoms with E-state index in [1.165, 1.54) is 10.7 Å². The summed E-state index contributed by atoms with van der Waals surface area (Å²) in [6, 6.07) is 7.24. The van der Waals surface area contributed by atoms with Crippen LogP contribution in [-0.2, 0) is 16.4 Å². The Kier molecular flexibility index (Phi) is 3.49. The van der Waals surface area contributed by atoms with Gasteiger partial charge in [-0.3, -0.25) is 0 Å². The Morgan fingerprint density at radius 2 is 2.12 bits per heavy atom. The number of nitrogens with zero attached hydrogens (tertiary/aromatic N) is 4. The molecule has 4 rings (SSSR count). The highest BCUT2D eigenvalue weighted by molar-refractivity contribution is 7.93. The topological polar surface area (TPSA) is 89.2 Å². The van der Waals surface area contributed by atoms with E-state index in [0.717, 1.165) is 30.7 Å². The van der Waals surface area contributed by atoms with Crippen molar-refractivity contribution >= 4 is 21.5 Å². The highest BCUT2D eigenvalue weighted by atomic mass is 32.2. The van der Waals surface area contributed by atoms with Crippen molar-refractivity contribution in [1.29, 1.82) is 0 Å². The fraction of sp³-hybridized carbons (Fsp3) is 0.312. The quantitative estimate of drug-likeness (QED) is 0.768. The maximum atomic E-state index is 12.7. The molecule has 124 valence electrons. The average molecular weight is 343 g/mol. The largest absolute Gasteiger partial charge is 0.267 e. The summed E-state index contributed by atoms with van der Waals surface area (Å²) in [5, 5.41) is 4.07. The van der Waals surface area contributed by atoms with E-state index < -0.39 is 10.0 Å². The van der Waals surface area contributed by atoms with E-state index in [2.05, 4.69) is 19.8 Å². The molecule has 3 aromatic rings. The van der Waals surface area contributed by atoms with Crippen molar-refractivity contribution in [2.45, 2.75) is 37.0 Å². The van der Waals surface area contributed by atoms with Crippen molar-refractivity contribution in [3.63, 3.8) is 0 Å². The number of aromatic nitrogens is 4. The maximum Gasteiger partial charge on any atom is 0.267 e. The van der Waals surface area contributed by atoms with Gasteiger partial charge in [0.05, 0.1) is 11.7 Å². The molecule has 0 atom stereocenters. The third kappa shape index (κ3) is 2.73. The van der Waals surface area contributed by atoms with Gasteiger partial charge in [-0.05, 0) is 37.5 Å². The smallest absolute Gasteiger partial charge is 0.247 e. The highest BCUT2D eigenvalue weighted by Crippen LogP contribution is 2.39. The molecule has 8 heteroatoms. The van der Waals surface area contributed by atoms with Crippen LogP contribution in [0.5, 0.6) is 0 Å². The fourth-order valence-corrected chi connectivity index (χ4v) is 3.69. The van der Waals surface area contributed by atoms with Gasteiger partial charge in [-0.2, -0.15) is 5.10 Å². The number of anilines is 1. The van der Waals surface area contributed by atoms with Crippen LogP contribution in [0.2, 0.25) is 0 Å². The van der Waals surface area contributed by atoms with Crippen LogP contribution < -0.4 is 4.72 Å². The molecule has 1 saturated carbocycles. The zero-order valence-corrected chi connectivity index (χ0v) is 14.0. The number of hydrogen-bond acceptors (Lipinski definition) is 5. The molecule has 0 radical (unpaired) electrons. The molecular weight excluding hydrogens is 326 g/mol. The van der Waals surface area contributed by atoms with E-state index in [1.54, 1.807) is 24.4 Å². The van der Waals surface area contributed by atoms with Crippen LogP contribution in [0, 0.1) is 0 Å². The number of nitrogens with one attached hydrogen (secondary N) is 1. The molecule has 0 spiro atoms. The van der Waals surface area contributed by atoms with Crippen molar-refractivity contribution in [2.75, 3.05) is 4.72 Å².